The Bertz CT molecular complexity index is 287. The van der Waals surface area contributed by atoms with Crippen molar-refractivity contribution < 1.29 is 0 Å². The Morgan fingerprint density at radius 2 is 1.82 bits per heavy atom. The number of halogens is 2. The number of hydrogen-bond acceptors (Lipinski definition) is 3. The first-order valence-corrected chi connectivity index (χ1v) is 4.70. The van der Waals surface area contributed by atoms with Gasteiger partial charge >= 0.3 is 0 Å². The molecule has 0 bridgehead atoms. The summed E-state index contributed by atoms with van der Waals surface area (Å²) in [6, 6.07) is 0. The van der Waals surface area contributed by atoms with E-state index in [2.05, 4.69) is 49.1 Å². The molecule has 0 aromatic rings. The zero-order valence-corrected chi connectivity index (χ0v) is 9.37. The van der Waals surface area contributed by atoms with Crippen molar-refractivity contribution in [3.8, 4) is 0 Å². The molecule has 1 aliphatic rings. The molecule has 0 spiro atoms. The SMILES string of the molecule is N=C1C(Br)=CC=C(Br)/C1=N/S. The van der Waals surface area contributed by atoms with Gasteiger partial charge in [-0.1, -0.05) is 0 Å². The summed E-state index contributed by atoms with van der Waals surface area (Å²) in [5.74, 6) is 0. The average molecular weight is 296 g/mol. The number of rotatable bonds is 0. The molecule has 0 aromatic carbocycles. The van der Waals surface area contributed by atoms with Crippen molar-refractivity contribution in [3.63, 3.8) is 0 Å². The molecule has 1 rings (SSSR count). The summed E-state index contributed by atoms with van der Waals surface area (Å²) >= 11 is 10.2. The summed E-state index contributed by atoms with van der Waals surface area (Å²) in [4.78, 5) is 0. The molecule has 5 heteroatoms. The van der Waals surface area contributed by atoms with E-state index in [-0.39, 0.29) is 0 Å². The summed E-state index contributed by atoms with van der Waals surface area (Å²) < 4.78 is 5.16. The summed E-state index contributed by atoms with van der Waals surface area (Å²) in [6.45, 7) is 0. The third-order valence-corrected chi connectivity index (χ3v) is 2.68. The number of nitrogens with zero attached hydrogens (tertiary/aromatic N) is 1. The van der Waals surface area contributed by atoms with E-state index in [0.717, 1.165) is 4.48 Å². The van der Waals surface area contributed by atoms with Gasteiger partial charge in [0.2, 0.25) is 0 Å². The molecule has 0 heterocycles. The Morgan fingerprint density at radius 3 is 2.27 bits per heavy atom. The standard InChI is InChI=1S/C6H4Br2N2S/c7-3-1-2-4(8)6(10-11)5(3)9/h1-2,9,11H/b9-5?,10-6-. The Hall–Kier alpha value is 0.130. The van der Waals surface area contributed by atoms with Crippen molar-refractivity contribution in [2.24, 2.45) is 4.40 Å². The lowest BCUT2D eigenvalue weighted by Gasteiger charge is -2.08. The van der Waals surface area contributed by atoms with Crippen LogP contribution in [0.5, 0.6) is 0 Å². The minimum Gasteiger partial charge on any atom is -0.297 e. The molecule has 0 saturated heterocycles. The first kappa shape index (κ1) is 9.22. The zero-order chi connectivity index (χ0) is 8.43. The molecule has 1 N–H and O–H groups in total. The van der Waals surface area contributed by atoms with Crippen LogP contribution in [-0.2, 0) is 0 Å². The summed E-state index contributed by atoms with van der Waals surface area (Å²) in [5.41, 5.74) is 0.886. The molecule has 2 nitrogen and oxygen atoms in total. The molecule has 0 amide bonds. The van der Waals surface area contributed by atoms with Crippen LogP contribution in [0, 0.1) is 5.41 Å². The number of hydrogen-bond donors (Lipinski definition) is 2. The number of allylic oxidation sites excluding steroid dienone is 4. The second-order valence-electron chi connectivity index (χ2n) is 1.85. The quantitative estimate of drug-likeness (QED) is 0.509. The minimum absolute atomic E-state index is 0.342. The molecular weight excluding hydrogens is 292 g/mol. The van der Waals surface area contributed by atoms with Crippen LogP contribution in [0.15, 0.2) is 25.5 Å². The van der Waals surface area contributed by atoms with Gasteiger partial charge < -0.3 is 0 Å². The maximum absolute atomic E-state index is 7.52. The second kappa shape index (κ2) is 3.69. The molecule has 1 aliphatic carbocycles. The largest absolute Gasteiger partial charge is 0.297 e. The normalized spacial score (nSPS) is 21.7. The van der Waals surface area contributed by atoms with Crippen LogP contribution >= 0.6 is 44.7 Å². The van der Waals surface area contributed by atoms with Crippen LogP contribution in [0.2, 0.25) is 0 Å². The second-order valence-corrected chi connectivity index (χ2v) is 3.76. The monoisotopic (exact) mass is 294 g/mol. The van der Waals surface area contributed by atoms with E-state index in [9.17, 15) is 0 Å². The van der Waals surface area contributed by atoms with Gasteiger partial charge in [-0.05, 0) is 56.8 Å². The minimum atomic E-state index is 0.342. The van der Waals surface area contributed by atoms with E-state index >= 15 is 0 Å². The molecule has 0 atom stereocenters. The molecule has 0 radical (unpaired) electrons. The highest BCUT2D eigenvalue weighted by Gasteiger charge is 2.16. The van der Waals surface area contributed by atoms with Gasteiger partial charge in [0, 0.05) is 8.96 Å². The molecule has 0 saturated carbocycles. The van der Waals surface area contributed by atoms with Gasteiger partial charge in [0.1, 0.15) is 5.71 Å². The van der Waals surface area contributed by atoms with E-state index in [1.165, 1.54) is 0 Å². The summed E-state index contributed by atoms with van der Waals surface area (Å²) in [6.07, 6.45) is 3.60. The lowest BCUT2D eigenvalue weighted by atomic mass is 10.1. The van der Waals surface area contributed by atoms with Crippen molar-refractivity contribution >= 4 is 56.1 Å². The van der Waals surface area contributed by atoms with Crippen molar-refractivity contribution in [3.05, 3.63) is 21.1 Å². The van der Waals surface area contributed by atoms with E-state index in [0.29, 0.717) is 15.9 Å². The van der Waals surface area contributed by atoms with Gasteiger partial charge in [-0.25, -0.2) is 4.40 Å². The molecule has 0 fully saturated rings. The maximum atomic E-state index is 7.52. The van der Waals surface area contributed by atoms with E-state index in [1.807, 2.05) is 6.08 Å². The first-order valence-electron chi connectivity index (χ1n) is 2.71. The van der Waals surface area contributed by atoms with Crippen molar-refractivity contribution in [2.45, 2.75) is 0 Å². The Morgan fingerprint density at radius 1 is 1.27 bits per heavy atom. The van der Waals surface area contributed by atoms with Gasteiger partial charge in [0.15, 0.2) is 0 Å². The predicted molar refractivity (Wildman–Crippen MR) is 58.2 cm³/mol. The lowest BCUT2D eigenvalue weighted by molar-refractivity contribution is 1.54. The fourth-order valence-corrected chi connectivity index (χ4v) is 1.72. The molecule has 58 valence electrons. The van der Waals surface area contributed by atoms with Crippen molar-refractivity contribution in [1.82, 2.24) is 0 Å². The Balaban J connectivity index is 3.13. The predicted octanol–water partition coefficient (Wildman–Crippen LogP) is 2.86. The van der Waals surface area contributed by atoms with Gasteiger partial charge in [-0.3, -0.25) is 5.41 Å². The smallest absolute Gasteiger partial charge is 0.111 e. The fraction of sp³-hybridized carbons (Fsp3) is 0. The van der Waals surface area contributed by atoms with Crippen LogP contribution < -0.4 is 0 Å². The highest BCUT2D eigenvalue weighted by Crippen LogP contribution is 2.21. The van der Waals surface area contributed by atoms with E-state index < -0.39 is 0 Å². The van der Waals surface area contributed by atoms with Crippen LogP contribution in [0.4, 0.5) is 0 Å². The third-order valence-electron chi connectivity index (χ3n) is 1.18. The van der Waals surface area contributed by atoms with Gasteiger partial charge in [0.05, 0.1) is 5.71 Å². The highest BCUT2D eigenvalue weighted by atomic mass is 79.9. The average Bonchev–Trinajstić information content (AvgIpc) is 1.99. The molecule has 0 aromatic heterocycles. The highest BCUT2D eigenvalue weighted by molar-refractivity contribution is 9.12. The van der Waals surface area contributed by atoms with Crippen LogP contribution in [0.1, 0.15) is 0 Å². The van der Waals surface area contributed by atoms with Gasteiger partial charge in [0.25, 0.3) is 0 Å². The zero-order valence-electron chi connectivity index (χ0n) is 5.31. The third kappa shape index (κ3) is 1.83. The summed E-state index contributed by atoms with van der Waals surface area (Å²) in [5, 5.41) is 7.52. The summed E-state index contributed by atoms with van der Waals surface area (Å²) in [7, 11) is 0. The number of nitrogens with one attached hydrogen (secondary N) is 1. The van der Waals surface area contributed by atoms with Crippen LogP contribution in [0.3, 0.4) is 0 Å². The molecule has 0 unspecified atom stereocenters. The van der Waals surface area contributed by atoms with Crippen molar-refractivity contribution in [2.75, 3.05) is 0 Å². The Labute approximate surface area is 86.8 Å². The van der Waals surface area contributed by atoms with Gasteiger partial charge in [-0.2, -0.15) is 0 Å². The fourth-order valence-electron chi connectivity index (χ4n) is 0.639. The van der Waals surface area contributed by atoms with Gasteiger partial charge in [-0.15, -0.1) is 0 Å². The van der Waals surface area contributed by atoms with Crippen molar-refractivity contribution in [1.29, 1.82) is 5.41 Å². The first-order chi connectivity index (χ1) is 5.16. The van der Waals surface area contributed by atoms with Crippen LogP contribution in [-0.4, -0.2) is 11.4 Å². The van der Waals surface area contributed by atoms with Crippen LogP contribution in [0.25, 0.3) is 0 Å². The van der Waals surface area contributed by atoms with E-state index in [1.54, 1.807) is 6.08 Å². The number of thiol groups is 1. The topological polar surface area (TPSA) is 36.2 Å². The van der Waals surface area contributed by atoms with E-state index in [4.69, 9.17) is 5.41 Å². The Kier molecular flexibility index (Phi) is 3.09. The maximum Gasteiger partial charge on any atom is 0.111 e. The molecular formula is C6H4Br2N2S. The molecule has 0 aliphatic heterocycles. The lowest BCUT2D eigenvalue weighted by Crippen LogP contribution is -2.15. The molecule has 11 heavy (non-hydrogen) atoms.